The predicted molar refractivity (Wildman–Crippen MR) is 95.1 cm³/mol. The highest BCUT2D eigenvalue weighted by Gasteiger charge is 2.24. The number of alkyl halides is 2. The summed E-state index contributed by atoms with van der Waals surface area (Å²) in [5, 5.41) is 21.1. The molecule has 1 unspecified atom stereocenters. The Balaban J connectivity index is 0.00000200. The van der Waals surface area contributed by atoms with Gasteiger partial charge in [-0.2, -0.15) is 0 Å². The van der Waals surface area contributed by atoms with Crippen molar-refractivity contribution in [3.8, 4) is 11.5 Å². The molecule has 1 aliphatic carbocycles. The van der Waals surface area contributed by atoms with Crippen molar-refractivity contribution in [3.05, 3.63) is 23.3 Å². The van der Waals surface area contributed by atoms with E-state index in [0.717, 1.165) is 43.0 Å². The molecule has 1 aromatic carbocycles. The number of rotatable bonds is 5. The number of benzene rings is 1. The zero-order chi connectivity index (χ0) is 13.8. The molecule has 0 heterocycles. The first-order valence-corrected chi connectivity index (χ1v) is 8.79. The molecule has 0 radical (unpaired) electrons. The number of halogens is 3. The van der Waals surface area contributed by atoms with Crippen LogP contribution in [-0.4, -0.2) is 44.9 Å². The van der Waals surface area contributed by atoms with Gasteiger partial charge in [0.25, 0.3) is 0 Å². The van der Waals surface area contributed by atoms with E-state index < -0.39 is 0 Å². The maximum Gasteiger partial charge on any atom is 0.157 e. The molecule has 3 nitrogen and oxygen atoms in total. The first kappa shape index (κ1) is 18.3. The van der Waals surface area contributed by atoms with E-state index >= 15 is 0 Å². The van der Waals surface area contributed by atoms with Crippen LogP contribution in [0.25, 0.3) is 0 Å². The van der Waals surface area contributed by atoms with Crippen LogP contribution in [0.4, 0.5) is 0 Å². The molecule has 0 aliphatic heterocycles. The van der Waals surface area contributed by atoms with Crippen LogP contribution in [0, 0.1) is 0 Å². The minimum atomic E-state index is -0.00747. The maximum absolute atomic E-state index is 9.63. The average Bonchev–Trinajstić information content (AvgIpc) is 2.39. The third-order valence-corrected chi connectivity index (χ3v) is 4.47. The molecule has 1 aliphatic rings. The number of nitrogens with zero attached hydrogens (tertiary/aromatic N) is 1. The Morgan fingerprint density at radius 3 is 2.15 bits per heavy atom. The Hall–Kier alpha value is 0.220. The molecule has 0 saturated heterocycles. The van der Waals surface area contributed by atoms with E-state index in [2.05, 4.69) is 36.8 Å². The van der Waals surface area contributed by atoms with E-state index in [1.54, 1.807) is 12.1 Å². The Labute approximate surface area is 147 Å². The number of hydrogen-bond acceptors (Lipinski definition) is 3. The number of hydrogen-bond donors (Lipinski definition) is 2. The third kappa shape index (κ3) is 4.36. The van der Waals surface area contributed by atoms with Crippen molar-refractivity contribution < 1.29 is 10.2 Å². The second-order valence-electron chi connectivity index (χ2n) is 4.92. The molecule has 0 bridgehead atoms. The average molecular weight is 474 g/mol. The summed E-state index contributed by atoms with van der Waals surface area (Å²) >= 11 is 7.02. The van der Waals surface area contributed by atoms with Gasteiger partial charge in [0.05, 0.1) is 0 Å². The Morgan fingerprint density at radius 2 is 1.60 bits per heavy atom. The Bertz CT molecular complexity index is 437. The van der Waals surface area contributed by atoms with E-state index in [-0.39, 0.29) is 28.5 Å². The molecule has 0 aromatic heterocycles. The fourth-order valence-corrected chi connectivity index (χ4v) is 3.68. The summed E-state index contributed by atoms with van der Waals surface area (Å²) in [4.78, 5) is 2.48. The smallest absolute Gasteiger partial charge is 0.157 e. The lowest BCUT2D eigenvalue weighted by Crippen LogP contribution is -2.41. The van der Waals surface area contributed by atoms with Gasteiger partial charge in [-0.3, -0.25) is 4.90 Å². The van der Waals surface area contributed by atoms with Gasteiger partial charge in [-0.1, -0.05) is 31.9 Å². The van der Waals surface area contributed by atoms with Crippen LogP contribution in [0.1, 0.15) is 17.5 Å². The molecule has 0 amide bonds. The molecule has 0 spiro atoms. The first-order chi connectivity index (χ1) is 9.15. The van der Waals surface area contributed by atoms with Gasteiger partial charge < -0.3 is 10.2 Å². The van der Waals surface area contributed by atoms with Crippen LogP contribution < -0.4 is 0 Å². The van der Waals surface area contributed by atoms with Crippen LogP contribution in [0.3, 0.4) is 0 Å². The van der Waals surface area contributed by atoms with Crippen LogP contribution >= 0.6 is 48.8 Å². The molecule has 2 N–H and O–H groups in total. The summed E-state index contributed by atoms with van der Waals surface area (Å²) in [5.74, 6) is -0.0121. The molecule has 0 fully saturated rings. The molecular formula is C14H20Br3NO2. The van der Waals surface area contributed by atoms with Crippen LogP contribution in [-0.2, 0) is 12.8 Å². The standard InChI is InChI=1S/C14H19Br2NO2.BrH/c15-3-5-17(6-4-16)12-2-1-10-8-13(18)14(19)9-11(10)7-12;/h8-9,12,18-19H,1-7H2;1H. The molecule has 0 saturated carbocycles. The van der Waals surface area contributed by atoms with Gasteiger partial charge >= 0.3 is 0 Å². The summed E-state index contributed by atoms with van der Waals surface area (Å²) in [6, 6.07) is 3.95. The molecule has 6 heteroatoms. The Morgan fingerprint density at radius 1 is 1.05 bits per heavy atom. The topological polar surface area (TPSA) is 43.7 Å². The zero-order valence-electron chi connectivity index (χ0n) is 11.2. The van der Waals surface area contributed by atoms with Crippen molar-refractivity contribution in [2.24, 2.45) is 0 Å². The Kier molecular flexibility index (Phi) is 7.87. The van der Waals surface area contributed by atoms with Gasteiger partial charge in [-0.15, -0.1) is 17.0 Å². The van der Waals surface area contributed by atoms with E-state index in [1.165, 1.54) is 11.1 Å². The van der Waals surface area contributed by atoms with Crippen molar-refractivity contribution in [1.29, 1.82) is 0 Å². The lowest BCUT2D eigenvalue weighted by atomic mass is 9.87. The summed E-state index contributed by atoms with van der Waals surface area (Å²) in [7, 11) is 0. The molecule has 1 atom stereocenters. The molecular weight excluding hydrogens is 454 g/mol. The van der Waals surface area contributed by atoms with E-state index in [0.29, 0.717) is 6.04 Å². The lowest BCUT2D eigenvalue weighted by molar-refractivity contribution is 0.203. The number of aromatic hydroxyl groups is 2. The predicted octanol–water partition coefficient (Wildman–Crippen LogP) is 3.62. The third-order valence-electron chi connectivity index (χ3n) is 3.76. The lowest BCUT2D eigenvalue weighted by Gasteiger charge is -2.34. The number of fused-ring (bicyclic) bond motifs is 1. The SMILES string of the molecule is Br.Oc1cc2c(cc1O)CC(N(CCBr)CCBr)CC2. The first-order valence-electron chi connectivity index (χ1n) is 6.55. The van der Waals surface area contributed by atoms with Crippen molar-refractivity contribution in [1.82, 2.24) is 4.90 Å². The van der Waals surface area contributed by atoms with Crippen LogP contribution in [0.15, 0.2) is 12.1 Å². The monoisotopic (exact) mass is 471 g/mol. The van der Waals surface area contributed by atoms with Gasteiger partial charge in [0.1, 0.15) is 0 Å². The van der Waals surface area contributed by atoms with Gasteiger partial charge in [-0.25, -0.2) is 0 Å². The van der Waals surface area contributed by atoms with Crippen LogP contribution in [0.2, 0.25) is 0 Å². The van der Waals surface area contributed by atoms with Gasteiger partial charge in [0, 0.05) is 29.8 Å². The fourth-order valence-electron chi connectivity index (χ4n) is 2.77. The van der Waals surface area contributed by atoms with Gasteiger partial charge in [0.2, 0.25) is 0 Å². The number of phenols is 2. The fraction of sp³-hybridized carbons (Fsp3) is 0.571. The summed E-state index contributed by atoms with van der Waals surface area (Å²) in [6.45, 7) is 2.07. The largest absolute Gasteiger partial charge is 0.504 e. The van der Waals surface area contributed by atoms with Crippen molar-refractivity contribution in [2.45, 2.75) is 25.3 Å². The van der Waals surface area contributed by atoms with Gasteiger partial charge in [-0.05, 0) is 42.5 Å². The minimum Gasteiger partial charge on any atom is -0.504 e. The molecule has 114 valence electrons. The highest BCUT2D eigenvalue weighted by molar-refractivity contribution is 9.09. The minimum absolute atomic E-state index is 0. The highest BCUT2D eigenvalue weighted by atomic mass is 79.9. The highest BCUT2D eigenvalue weighted by Crippen LogP contribution is 2.33. The van der Waals surface area contributed by atoms with Crippen molar-refractivity contribution in [2.75, 3.05) is 23.7 Å². The molecule has 1 aromatic rings. The zero-order valence-corrected chi connectivity index (χ0v) is 16.1. The van der Waals surface area contributed by atoms with E-state index in [1.807, 2.05) is 0 Å². The maximum atomic E-state index is 9.63. The van der Waals surface area contributed by atoms with Gasteiger partial charge in [0.15, 0.2) is 11.5 Å². The summed E-state index contributed by atoms with van der Waals surface area (Å²) < 4.78 is 0. The quantitative estimate of drug-likeness (QED) is 0.507. The second kappa shape index (κ2) is 8.61. The number of phenolic OH excluding ortho intramolecular Hbond substituents is 2. The second-order valence-corrected chi connectivity index (χ2v) is 6.51. The molecule has 20 heavy (non-hydrogen) atoms. The summed E-state index contributed by atoms with van der Waals surface area (Å²) in [6.07, 6.45) is 3.02. The summed E-state index contributed by atoms with van der Waals surface area (Å²) in [5.41, 5.74) is 2.34. The van der Waals surface area contributed by atoms with E-state index in [4.69, 9.17) is 0 Å². The molecule has 2 rings (SSSR count). The van der Waals surface area contributed by atoms with Crippen molar-refractivity contribution >= 4 is 48.8 Å². The van der Waals surface area contributed by atoms with E-state index in [9.17, 15) is 10.2 Å². The van der Waals surface area contributed by atoms with Crippen molar-refractivity contribution in [3.63, 3.8) is 0 Å². The van der Waals surface area contributed by atoms with Crippen LogP contribution in [0.5, 0.6) is 11.5 Å². The normalized spacial score (nSPS) is 17.6. The number of aryl methyl sites for hydroxylation is 1.